The predicted molar refractivity (Wildman–Crippen MR) is 97.1 cm³/mol. The molecule has 1 aliphatic heterocycles. The summed E-state index contributed by atoms with van der Waals surface area (Å²) in [5.41, 5.74) is 5.67. The van der Waals surface area contributed by atoms with E-state index in [9.17, 15) is 19.2 Å². The Balaban J connectivity index is 1.65. The average molecular weight is 373 g/mol. The largest absolute Gasteiger partial charge is 0.369 e. The monoisotopic (exact) mass is 373 g/mol. The van der Waals surface area contributed by atoms with Gasteiger partial charge in [0.05, 0.1) is 23.3 Å². The zero-order chi connectivity index (χ0) is 18.7. The van der Waals surface area contributed by atoms with Gasteiger partial charge in [-0.3, -0.25) is 24.1 Å². The molecular formula is C18H19N3O4S. The minimum Gasteiger partial charge on any atom is -0.369 e. The van der Waals surface area contributed by atoms with E-state index in [1.54, 1.807) is 24.3 Å². The number of hydrogen-bond acceptors (Lipinski definition) is 5. The second kappa shape index (κ2) is 7.74. The molecule has 1 heterocycles. The summed E-state index contributed by atoms with van der Waals surface area (Å²) in [6.45, 7) is -0.306. The third-order valence-corrected chi connectivity index (χ3v) is 5.53. The third kappa shape index (κ3) is 3.80. The number of thioether (sulfide) groups is 1. The van der Waals surface area contributed by atoms with Crippen LogP contribution in [0.1, 0.15) is 12.8 Å². The lowest BCUT2D eigenvalue weighted by atomic mass is 9.85. The first-order valence-corrected chi connectivity index (χ1v) is 9.26. The lowest BCUT2D eigenvalue weighted by molar-refractivity contribution is -0.142. The molecule has 2 atom stereocenters. The van der Waals surface area contributed by atoms with E-state index in [2.05, 4.69) is 5.32 Å². The molecule has 3 N–H and O–H groups in total. The number of anilines is 1. The lowest BCUT2D eigenvalue weighted by Gasteiger charge is -2.15. The molecule has 4 amide bonds. The highest BCUT2D eigenvalue weighted by atomic mass is 32.2. The Bertz CT molecular complexity index is 766. The van der Waals surface area contributed by atoms with Crippen molar-refractivity contribution < 1.29 is 19.2 Å². The van der Waals surface area contributed by atoms with Gasteiger partial charge in [0.1, 0.15) is 6.54 Å². The number of carbonyl (C=O) groups excluding carboxylic acids is 4. The molecule has 0 unspecified atom stereocenters. The van der Waals surface area contributed by atoms with Gasteiger partial charge < -0.3 is 11.1 Å². The van der Waals surface area contributed by atoms with Crippen LogP contribution in [0.15, 0.2) is 41.3 Å². The van der Waals surface area contributed by atoms with Crippen LogP contribution in [0.3, 0.4) is 0 Å². The maximum absolute atomic E-state index is 12.4. The zero-order valence-electron chi connectivity index (χ0n) is 14.0. The minimum atomic E-state index is -0.458. The van der Waals surface area contributed by atoms with Crippen LogP contribution in [0.2, 0.25) is 0 Å². The third-order valence-electron chi connectivity index (χ3n) is 4.43. The standard InChI is InChI=1S/C18H19N3O4S/c19-15(22)10-26-14-8-4-3-7-13(14)20-16(23)9-21-17(24)11-5-1-2-6-12(11)18(21)25/h1-4,7-8,11-12H,5-6,9-10H2,(H2,19,22)(H,20,23)/t11-,12-/m0/s1. The molecule has 0 aromatic heterocycles. The summed E-state index contributed by atoms with van der Waals surface area (Å²) in [6.07, 6.45) is 4.89. The van der Waals surface area contributed by atoms with E-state index in [1.165, 1.54) is 11.8 Å². The smallest absolute Gasteiger partial charge is 0.244 e. The number of amides is 4. The Morgan fingerprint density at radius 1 is 1.12 bits per heavy atom. The number of nitrogens with two attached hydrogens (primary N) is 1. The van der Waals surface area contributed by atoms with Crippen molar-refractivity contribution in [1.82, 2.24) is 4.90 Å². The van der Waals surface area contributed by atoms with Crippen molar-refractivity contribution in [2.75, 3.05) is 17.6 Å². The van der Waals surface area contributed by atoms with Crippen LogP contribution in [0.4, 0.5) is 5.69 Å². The Morgan fingerprint density at radius 3 is 2.35 bits per heavy atom. The van der Waals surface area contributed by atoms with Crippen molar-refractivity contribution in [3.8, 4) is 0 Å². The number of likely N-dealkylation sites (tertiary alicyclic amines) is 1. The van der Waals surface area contributed by atoms with Gasteiger partial charge in [-0.2, -0.15) is 0 Å². The Kier molecular flexibility index (Phi) is 5.41. The number of carbonyl (C=O) groups is 4. The van der Waals surface area contributed by atoms with Crippen molar-refractivity contribution in [2.45, 2.75) is 17.7 Å². The first kappa shape index (κ1) is 18.2. The highest BCUT2D eigenvalue weighted by molar-refractivity contribution is 8.00. The van der Waals surface area contributed by atoms with Gasteiger partial charge in [-0.15, -0.1) is 11.8 Å². The lowest BCUT2D eigenvalue weighted by Crippen LogP contribution is -2.38. The Labute approximate surface area is 155 Å². The summed E-state index contributed by atoms with van der Waals surface area (Å²) in [7, 11) is 0. The van der Waals surface area contributed by atoms with Crippen molar-refractivity contribution in [2.24, 2.45) is 17.6 Å². The van der Waals surface area contributed by atoms with Crippen LogP contribution in [0.25, 0.3) is 0 Å². The van der Waals surface area contributed by atoms with Gasteiger partial charge in [0.15, 0.2) is 0 Å². The quantitative estimate of drug-likeness (QED) is 0.442. The highest BCUT2D eigenvalue weighted by Crippen LogP contribution is 2.35. The summed E-state index contributed by atoms with van der Waals surface area (Å²) < 4.78 is 0. The fourth-order valence-electron chi connectivity index (χ4n) is 3.20. The summed E-state index contributed by atoms with van der Waals surface area (Å²) in [5, 5.41) is 2.71. The molecule has 1 aliphatic carbocycles. The summed E-state index contributed by atoms with van der Waals surface area (Å²) in [5.74, 6) is -2.08. The molecule has 26 heavy (non-hydrogen) atoms. The second-order valence-corrected chi connectivity index (χ2v) is 7.23. The molecule has 0 bridgehead atoms. The number of hydrogen-bond donors (Lipinski definition) is 2. The molecule has 136 valence electrons. The van der Waals surface area contributed by atoms with Crippen molar-refractivity contribution in [1.29, 1.82) is 0 Å². The summed E-state index contributed by atoms with van der Waals surface area (Å²) in [4.78, 5) is 49.9. The number of para-hydroxylation sites is 1. The van der Waals surface area contributed by atoms with Gasteiger partial charge >= 0.3 is 0 Å². The number of allylic oxidation sites excluding steroid dienone is 2. The molecule has 0 radical (unpaired) electrons. The topological polar surface area (TPSA) is 110 Å². The number of rotatable bonds is 6. The van der Waals surface area contributed by atoms with Crippen molar-refractivity contribution in [3.05, 3.63) is 36.4 Å². The van der Waals surface area contributed by atoms with Gasteiger partial charge in [0.25, 0.3) is 0 Å². The van der Waals surface area contributed by atoms with Gasteiger partial charge in [-0.25, -0.2) is 0 Å². The van der Waals surface area contributed by atoms with Crippen LogP contribution in [0, 0.1) is 11.8 Å². The molecule has 2 aliphatic rings. The van der Waals surface area contributed by atoms with Crippen LogP contribution in [0.5, 0.6) is 0 Å². The number of nitrogens with zero attached hydrogens (tertiary/aromatic N) is 1. The predicted octanol–water partition coefficient (Wildman–Crippen LogP) is 1.15. The zero-order valence-corrected chi connectivity index (χ0v) is 14.8. The van der Waals surface area contributed by atoms with Gasteiger partial charge in [0.2, 0.25) is 23.6 Å². The van der Waals surface area contributed by atoms with E-state index in [-0.39, 0.29) is 35.9 Å². The van der Waals surface area contributed by atoms with Crippen molar-refractivity contribution >= 4 is 41.1 Å². The first-order chi connectivity index (χ1) is 12.5. The summed E-state index contributed by atoms with van der Waals surface area (Å²) >= 11 is 1.21. The number of benzene rings is 1. The molecule has 0 saturated carbocycles. The highest BCUT2D eigenvalue weighted by Gasteiger charge is 2.47. The molecular weight excluding hydrogens is 354 g/mol. The molecule has 1 aromatic carbocycles. The van der Waals surface area contributed by atoms with Gasteiger partial charge in [0, 0.05) is 4.90 Å². The molecule has 0 spiro atoms. The molecule has 3 rings (SSSR count). The van der Waals surface area contributed by atoms with E-state index in [1.807, 2.05) is 12.2 Å². The maximum Gasteiger partial charge on any atom is 0.244 e. The minimum absolute atomic E-state index is 0.0896. The number of imide groups is 1. The van der Waals surface area contributed by atoms with Crippen LogP contribution < -0.4 is 11.1 Å². The average Bonchev–Trinajstić information content (AvgIpc) is 2.86. The number of primary amides is 1. The van der Waals surface area contributed by atoms with E-state index in [4.69, 9.17) is 5.73 Å². The molecule has 1 aromatic rings. The normalized spacial score (nSPS) is 21.6. The van der Waals surface area contributed by atoms with E-state index in [0.29, 0.717) is 23.4 Å². The van der Waals surface area contributed by atoms with Gasteiger partial charge in [-0.1, -0.05) is 24.3 Å². The summed E-state index contributed by atoms with van der Waals surface area (Å²) in [6, 6.07) is 6.98. The molecule has 7 nitrogen and oxygen atoms in total. The van der Waals surface area contributed by atoms with Gasteiger partial charge in [-0.05, 0) is 25.0 Å². The molecule has 8 heteroatoms. The molecule has 1 saturated heterocycles. The SMILES string of the molecule is NC(=O)CSc1ccccc1NC(=O)CN1C(=O)[C@H]2CC=CC[C@@H]2C1=O. The number of nitrogens with one attached hydrogen (secondary N) is 1. The Hall–Kier alpha value is -2.61. The van der Waals surface area contributed by atoms with Crippen LogP contribution in [-0.4, -0.2) is 40.8 Å². The van der Waals surface area contributed by atoms with E-state index < -0.39 is 11.8 Å². The molecule has 1 fully saturated rings. The van der Waals surface area contributed by atoms with Crippen molar-refractivity contribution in [3.63, 3.8) is 0 Å². The van der Waals surface area contributed by atoms with Crippen LogP contribution >= 0.6 is 11.8 Å². The van der Waals surface area contributed by atoms with Crippen LogP contribution in [-0.2, 0) is 19.2 Å². The van der Waals surface area contributed by atoms with E-state index in [0.717, 1.165) is 4.90 Å². The second-order valence-electron chi connectivity index (χ2n) is 6.22. The Morgan fingerprint density at radius 2 is 1.73 bits per heavy atom. The first-order valence-electron chi connectivity index (χ1n) is 8.27. The fraction of sp³-hybridized carbons (Fsp3) is 0.333. The fourth-order valence-corrected chi connectivity index (χ4v) is 3.95. The maximum atomic E-state index is 12.4. The van der Waals surface area contributed by atoms with E-state index >= 15 is 0 Å². The number of fused-ring (bicyclic) bond motifs is 1.